The Morgan fingerprint density at radius 2 is 1.84 bits per heavy atom. The Morgan fingerprint density at radius 3 is 2.52 bits per heavy atom. The summed E-state index contributed by atoms with van der Waals surface area (Å²) in [6.07, 6.45) is 1.56. The van der Waals surface area contributed by atoms with Gasteiger partial charge in [-0.3, -0.25) is 0 Å². The molecule has 4 aromatic rings. The number of aromatic nitrogens is 4. The molecule has 3 aromatic heterocycles. The van der Waals surface area contributed by atoms with Gasteiger partial charge in [0.15, 0.2) is 11.4 Å². The number of aryl methyl sites for hydroxylation is 2. The van der Waals surface area contributed by atoms with Crippen molar-refractivity contribution in [3.8, 4) is 17.2 Å². The van der Waals surface area contributed by atoms with Gasteiger partial charge in [-0.25, -0.2) is 15.0 Å². The summed E-state index contributed by atoms with van der Waals surface area (Å²) in [5.74, 6) is 3.28. The van der Waals surface area contributed by atoms with Crippen LogP contribution in [0.5, 0.6) is 5.75 Å². The summed E-state index contributed by atoms with van der Waals surface area (Å²) in [6.45, 7) is 4.57. The number of fused-ring (bicyclic) bond motifs is 1. The minimum absolute atomic E-state index is 0.681. The van der Waals surface area contributed by atoms with Gasteiger partial charge in [-0.15, -0.1) is 0 Å². The fourth-order valence-electron chi connectivity index (χ4n) is 2.89. The Kier molecular flexibility index (Phi) is 3.72. The van der Waals surface area contributed by atoms with Crippen molar-refractivity contribution in [2.24, 2.45) is 0 Å². The Labute approximate surface area is 145 Å². The maximum absolute atomic E-state index is 5.72. The van der Waals surface area contributed by atoms with Gasteiger partial charge in [0, 0.05) is 0 Å². The molecule has 6 heteroatoms. The average molecular weight is 334 g/mol. The lowest BCUT2D eigenvalue weighted by molar-refractivity contribution is 0.414. The quantitative estimate of drug-likeness (QED) is 0.568. The van der Waals surface area contributed by atoms with E-state index in [9.17, 15) is 0 Å². The van der Waals surface area contributed by atoms with Crippen LogP contribution in [0.25, 0.3) is 22.6 Å². The van der Waals surface area contributed by atoms with E-state index in [4.69, 9.17) is 9.15 Å². The molecule has 0 bridgehead atoms. The molecule has 0 aliphatic carbocycles. The summed E-state index contributed by atoms with van der Waals surface area (Å²) < 4.78 is 13.0. The van der Waals surface area contributed by atoms with Crippen LogP contribution < -0.4 is 4.74 Å². The molecule has 0 spiro atoms. The number of hydrogen-bond acceptors (Lipinski definition) is 5. The lowest BCUT2D eigenvalue weighted by Crippen LogP contribution is -2.03. The number of methoxy groups -OCH3 is 1. The molecule has 0 saturated carbocycles. The first-order valence-electron chi connectivity index (χ1n) is 8.03. The maximum Gasteiger partial charge on any atom is 0.164 e. The Morgan fingerprint density at radius 1 is 1.04 bits per heavy atom. The molecule has 0 aliphatic rings. The number of imidazole rings is 1. The van der Waals surface area contributed by atoms with Gasteiger partial charge in [0.2, 0.25) is 0 Å². The van der Waals surface area contributed by atoms with E-state index in [1.54, 1.807) is 13.4 Å². The number of nitrogens with zero attached hydrogens (tertiary/aromatic N) is 4. The van der Waals surface area contributed by atoms with Crippen LogP contribution >= 0.6 is 0 Å². The second-order valence-corrected chi connectivity index (χ2v) is 5.90. The predicted octanol–water partition coefficient (Wildman–Crippen LogP) is 3.76. The van der Waals surface area contributed by atoms with E-state index >= 15 is 0 Å². The van der Waals surface area contributed by atoms with Crippen LogP contribution in [0.4, 0.5) is 0 Å². The summed E-state index contributed by atoms with van der Waals surface area (Å²) in [7, 11) is 1.66. The zero-order valence-electron chi connectivity index (χ0n) is 14.4. The highest BCUT2D eigenvalue weighted by atomic mass is 16.5. The zero-order chi connectivity index (χ0) is 17.4. The molecule has 4 rings (SSSR count). The minimum Gasteiger partial charge on any atom is -0.497 e. The molecule has 0 amide bonds. The van der Waals surface area contributed by atoms with E-state index in [-0.39, 0.29) is 0 Å². The van der Waals surface area contributed by atoms with Crippen LogP contribution in [-0.2, 0) is 6.54 Å². The fourth-order valence-corrected chi connectivity index (χ4v) is 2.89. The summed E-state index contributed by atoms with van der Waals surface area (Å²) in [4.78, 5) is 13.5. The largest absolute Gasteiger partial charge is 0.497 e. The number of hydrogen-bond donors (Lipinski definition) is 0. The van der Waals surface area contributed by atoms with Gasteiger partial charge >= 0.3 is 0 Å². The van der Waals surface area contributed by atoms with Crippen LogP contribution in [0.2, 0.25) is 0 Å². The second-order valence-electron chi connectivity index (χ2n) is 5.90. The fraction of sp³-hybridized carbons (Fsp3) is 0.211. The summed E-state index contributed by atoms with van der Waals surface area (Å²) in [5.41, 5.74) is 3.42. The molecule has 25 heavy (non-hydrogen) atoms. The monoisotopic (exact) mass is 334 g/mol. The van der Waals surface area contributed by atoms with E-state index in [2.05, 4.69) is 19.5 Å². The third-order valence-corrected chi connectivity index (χ3v) is 4.20. The maximum atomic E-state index is 5.72. The van der Waals surface area contributed by atoms with Gasteiger partial charge in [0.1, 0.15) is 34.9 Å². The van der Waals surface area contributed by atoms with Crippen LogP contribution in [0, 0.1) is 13.8 Å². The topological polar surface area (TPSA) is 66.0 Å². The SMILES string of the molecule is COc1ccc(Cn2c(C)nc3c(-c4ccc(C)o4)ncnc32)cc1. The van der Waals surface area contributed by atoms with Crippen molar-refractivity contribution in [2.45, 2.75) is 20.4 Å². The molecule has 0 unspecified atom stereocenters. The van der Waals surface area contributed by atoms with Crippen LogP contribution in [-0.4, -0.2) is 26.6 Å². The lowest BCUT2D eigenvalue weighted by Gasteiger charge is -2.07. The molecule has 0 saturated heterocycles. The molecule has 3 heterocycles. The van der Waals surface area contributed by atoms with Crippen LogP contribution in [0.3, 0.4) is 0 Å². The van der Waals surface area contributed by atoms with Crippen molar-refractivity contribution >= 4 is 11.2 Å². The third-order valence-electron chi connectivity index (χ3n) is 4.20. The van der Waals surface area contributed by atoms with Gasteiger partial charge in [-0.2, -0.15) is 0 Å². The van der Waals surface area contributed by atoms with Crippen molar-refractivity contribution in [3.05, 3.63) is 59.9 Å². The van der Waals surface area contributed by atoms with Crippen LogP contribution in [0.15, 0.2) is 47.1 Å². The molecule has 0 atom stereocenters. The smallest absolute Gasteiger partial charge is 0.164 e. The van der Waals surface area contributed by atoms with Crippen LogP contribution in [0.1, 0.15) is 17.1 Å². The Balaban J connectivity index is 1.78. The van der Waals surface area contributed by atoms with Gasteiger partial charge in [-0.1, -0.05) is 12.1 Å². The van der Waals surface area contributed by atoms with Gasteiger partial charge < -0.3 is 13.7 Å². The molecule has 0 fully saturated rings. The lowest BCUT2D eigenvalue weighted by atomic mass is 10.2. The molecule has 1 aromatic carbocycles. The molecule has 6 nitrogen and oxygen atoms in total. The third kappa shape index (κ3) is 2.76. The Bertz CT molecular complexity index is 1030. The Hall–Kier alpha value is -3.15. The summed E-state index contributed by atoms with van der Waals surface area (Å²) >= 11 is 0. The first-order valence-corrected chi connectivity index (χ1v) is 8.03. The molecular weight excluding hydrogens is 316 g/mol. The van der Waals surface area contributed by atoms with Crippen molar-refractivity contribution in [1.29, 1.82) is 0 Å². The summed E-state index contributed by atoms with van der Waals surface area (Å²) in [6, 6.07) is 11.8. The van der Waals surface area contributed by atoms with Crippen molar-refractivity contribution in [2.75, 3.05) is 7.11 Å². The number of benzene rings is 1. The average Bonchev–Trinajstić information content (AvgIpc) is 3.19. The standard InChI is InChI=1S/C19H18N4O2/c1-12-4-9-16(25-12)17-18-19(21-11-20-17)23(13(2)22-18)10-14-5-7-15(24-3)8-6-14/h4-9,11H,10H2,1-3H3. The normalized spacial score (nSPS) is 11.2. The number of furan rings is 1. The van der Waals surface area contributed by atoms with E-state index in [0.717, 1.165) is 39.8 Å². The van der Waals surface area contributed by atoms with Gasteiger partial charge in [0.25, 0.3) is 0 Å². The van der Waals surface area contributed by atoms with E-state index in [0.29, 0.717) is 12.3 Å². The molecular formula is C19H18N4O2. The highest BCUT2D eigenvalue weighted by Crippen LogP contribution is 2.27. The highest BCUT2D eigenvalue weighted by molar-refractivity contribution is 5.85. The first kappa shape index (κ1) is 15.4. The molecule has 126 valence electrons. The summed E-state index contributed by atoms with van der Waals surface area (Å²) in [5, 5.41) is 0. The molecule has 0 radical (unpaired) electrons. The van der Waals surface area contributed by atoms with E-state index in [1.807, 2.05) is 50.2 Å². The van der Waals surface area contributed by atoms with Crippen molar-refractivity contribution in [1.82, 2.24) is 19.5 Å². The first-order chi connectivity index (χ1) is 12.2. The van der Waals surface area contributed by atoms with Gasteiger partial charge in [-0.05, 0) is 43.7 Å². The van der Waals surface area contributed by atoms with Gasteiger partial charge in [0.05, 0.1) is 13.7 Å². The highest BCUT2D eigenvalue weighted by Gasteiger charge is 2.17. The van der Waals surface area contributed by atoms with E-state index in [1.165, 1.54) is 0 Å². The molecule has 0 N–H and O–H groups in total. The second kappa shape index (κ2) is 6.05. The molecule has 0 aliphatic heterocycles. The minimum atomic E-state index is 0.681. The van der Waals surface area contributed by atoms with Crippen molar-refractivity contribution in [3.63, 3.8) is 0 Å². The zero-order valence-corrected chi connectivity index (χ0v) is 14.4. The number of rotatable bonds is 4. The van der Waals surface area contributed by atoms with Crippen molar-refractivity contribution < 1.29 is 9.15 Å². The predicted molar refractivity (Wildman–Crippen MR) is 94.6 cm³/mol. The van der Waals surface area contributed by atoms with E-state index < -0.39 is 0 Å². The number of ether oxygens (including phenoxy) is 1.